The minimum Gasteiger partial charge on any atom is -0.493 e. The predicted molar refractivity (Wildman–Crippen MR) is 132 cm³/mol. The van der Waals surface area contributed by atoms with Crippen molar-refractivity contribution in [2.75, 3.05) is 48.0 Å². The number of nitrogens with zero attached hydrogens (tertiary/aromatic N) is 2. The third-order valence-corrected chi connectivity index (χ3v) is 6.41. The van der Waals surface area contributed by atoms with Crippen LogP contribution in [0.4, 0.5) is 8.78 Å². The zero-order valence-electron chi connectivity index (χ0n) is 21.1. The van der Waals surface area contributed by atoms with Gasteiger partial charge < -0.3 is 24.0 Å². The number of methoxy groups -OCH3 is 3. The maximum absolute atomic E-state index is 14.2. The Morgan fingerprint density at radius 1 is 1.11 bits per heavy atom. The van der Waals surface area contributed by atoms with Crippen LogP contribution in [0, 0.1) is 11.6 Å². The Morgan fingerprint density at radius 3 is 2.34 bits per heavy atom. The van der Waals surface area contributed by atoms with E-state index in [-0.39, 0.29) is 11.5 Å². The number of hydrogen-bond acceptors (Lipinski definition) is 5. The molecule has 1 amide bonds. The average molecular weight is 489 g/mol. The third kappa shape index (κ3) is 6.51. The van der Waals surface area contributed by atoms with Crippen molar-refractivity contribution in [2.45, 2.75) is 32.2 Å². The lowest BCUT2D eigenvalue weighted by Crippen LogP contribution is -2.37. The number of carbonyl (C=O) groups is 1. The van der Waals surface area contributed by atoms with E-state index in [0.29, 0.717) is 41.9 Å². The predicted octanol–water partition coefficient (Wildman–Crippen LogP) is 5.02. The van der Waals surface area contributed by atoms with Crippen LogP contribution in [-0.4, -0.2) is 69.8 Å². The Morgan fingerprint density at radius 2 is 1.80 bits per heavy atom. The Labute approximate surface area is 206 Å². The van der Waals surface area contributed by atoms with Crippen LogP contribution in [0.1, 0.15) is 42.1 Å². The van der Waals surface area contributed by atoms with Gasteiger partial charge in [0.05, 0.1) is 21.3 Å². The number of amides is 1. The molecule has 0 radical (unpaired) electrons. The Balaban J connectivity index is 1.90. The summed E-state index contributed by atoms with van der Waals surface area (Å²) in [7, 11) is 6.62. The summed E-state index contributed by atoms with van der Waals surface area (Å²) >= 11 is 0. The Bertz CT molecular complexity index is 1050. The van der Waals surface area contributed by atoms with Crippen molar-refractivity contribution in [3.63, 3.8) is 0 Å². The van der Waals surface area contributed by atoms with Gasteiger partial charge in [0, 0.05) is 36.3 Å². The number of benzene rings is 2. The van der Waals surface area contributed by atoms with E-state index in [9.17, 15) is 13.6 Å². The van der Waals surface area contributed by atoms with Gasteiger partial charge in [-0.25, -0.2) is 8.78 Å². The largest absolute Gasteiger partial charge is 0.493 e. The van der Waals surface area contributed by atoms with Crippen molar-refractivity contribution in [1.82, 2.24) is 9.80 Å². The average Bonchev–Trinajstić information content (AvgIpc) is 3.26. The van der Waals surface area contributed by atoms with Gasteiger partial charge in [-0.1, -0.05) is 11.6 Å². The smallest absolute Gasteiger partial charge is 0.254 e. The van der Waals surface area contributed by atoms with E-state index in [2.05, 4.69) is 11.9 Å². The fourth-order valence-electron chi connectivity index (χ4n) is 4.52. The number of likely N-dealkylation sites (tertiary alicyclic amines) is 1. The van der Waals surface area contributed by atoms with Gasteiger partial charge in [0.15, 0.2) is 11.5 Å². The molecule has 6 nitrogen and oxygen atoms in total. The van der Waals surface area contributed by atoms with Gasteiger partial charge in [-0.15, -0.1) is 0 Å². The zero-order chi connectivity index (χ0) is 25.5. The molecule has 2 aromatic rings. The molecule has 1 fully saturated rings. The molecule has 0 bridgehead atoms. The summed E-state index contributed by atoms with van der Waals surface area (Å²) in [5.74, 6) is -0.264. The molecular weight excluding hydrogens is 454 g/mol. The second kappa shape index (κ2) is 12.0. The highest BCUT2D eigenvalue weighted by molar-refractivity contribution is 5.96. The zero-order valence-corrected chi connectivity index (χ0v) is 21.1. The summed E-state index contributed by atoms with van der Waals surface area (Å²) < 4.78 is 43.7. The molecule has 0 spiro atoms. The summed E-state index contributed by atoms with van der Waals surface area (Å²) in [5.41, 5.74) is 1.45. The van der Waals surface area contributed by atoms with Gasteiger partial charge in [-0.05, 0) is 64.0 Å². The molecule has 0 aliphatic carbocycles. The first-order valence-electron chi connectivity index (χ1n) is 11.7. The molecule has 1 atom stereocenters. The van der Waals surface area contributed by atoms with Gasteiger partial charge in [0.1, 0.15) is 11.6 Å². The van der Waals surface area contributed by atoms with Crippen LogP contribution in [0.25, 0.3) is 6.08 Å². The number of hydrogen-bond donors (Lipinski definition) is 0. The van der Waals surface area contributed by atoms with Crippen molar-refractivity contribution >= 4 is 12.0 Å². The minimum absolute atomic E-state index is 0.197. The topological polar surface area (TPSA) is 51.2 Å². The van der Waals surface area contributed by atoms with Gasteiger partial charge in [0.25, 0.3) is 5.91 Å². The van der Waals surface area contributed by atoms with E-state index in [1.54, 1.807) is 23.1 Å². The molecule has 1 heterocycles. The Hall–Kier alpha value is -3.13. The van der Waals surface area contributed by atoms with Gasteiger partial charge in [0.2, 0.25) is 5.75 Å². The van der Waals surface area contributed by atoms with Crippen molar-refractivity contribution in [3.05, 3.63) is 58.7 Å². The first kappa shape index (κ1) is 26.5. The number of carbonyl (C=O) groups excluding carboxylic acids is 1. The molecule has 2 aromatic carbocycles. The SMILES string of the molecule is COc1cc(C(=O)N(CCC2CCCN2C)C/C(C)=C/c2ccc(F)cc2F)cc(OC)c1OC. The van der Waals surface area contributed by atoms with Gasteiger partial charge >= 0.3 is 0 Å². The maximum atomic E-state index is 14.2. The fraction of sp³-hybridized carbons (Fsp3) is 0.444. The van der Waals surface area contributed by atoms with E-state index in [1.165, 1.54) is 33.5 Å². The highest BCUT2D eigenvalue weighted by Crippen LogP contribution is 2.38. The quantitative estimate of drug-likeness (QED) is 0.470. The number of rotatable bonds is 10. The lowest BCUT2D eigenvalue weighted by Gasteiger charge is -2.27. The summed E-state index contributed by atoms with van der Waals surface area (Å²) in [6.07, 6.45) is 4.71. The number of halogens is 2. The molecule has 1 aliphatic rings. The maximum Gasteiger partial charge on any atom is 0.254 e. The van der Waals surface area contributed by atoms with Crippen LogP contribution in [0.5, 0.6) is 17.2 Å². The molecule has 0 saturated carbocycles. The van der Waals surface area contributed by atoms with E-state index >= 15 is 0 Å². The lowest BCUT2D eigenvalue weighted by molar-refractivity contribution is 0.0757. The monoisotopic (exact) mass is 488 g/mol. The summed E-state index contributed by atoms with van der Waals surface area (Å²) in [5, 5.41) is 0. The van der Waals surface area contributed by atoms with Crippen LogP contribution in [-0.2, 0) is 0 Å². The van der Waals surface area contributed by atoms with Crippen LogP contribution in [0.15, 0.2) is 35.9 Å². The van der Waals surface area contributed by atoms with E-state index in [1.807, 2.05) is 6.92 Å². The molecule has 190 valence electrons. The third-order valence-electron chi connectivity index (χ3n) is 6.41. The highest BCUT2D eigenvalue weighted by Gasteiger charge is 2.25. The van der Waals surface area contributed by atoms with E-state index < -0.39 is 11.6 Å². The molecular formula is C27H34F2N2O4. The van der Waals surface area contributed by atoms with Gasteiger partial charge in [-0.3, -0.25) is 4.79 Å². The fourth-order valence-corrected chi connectivity index (χ4v) is 4.52. The molecule has 1 unspecified atom stereocenters. The van der Waals surface area contributed by atoms with Crippen LogP contribution < -0.4 is 14.2 Å². The summed E-state index contributed by atoms with van der Waals surface area (Å²) in [6.45, 7) is 3.71. The first-order chi connectivity index (χ1) is 16.8. The highest BCUT2D eigenvalue weighted by atomic mass is 19.1. The van der Waals surface area contributed by atoms with E-state index in [4.69, 9.17) is 14.2 Å². The molecule has 8 heteroatoms. The molecule has 3 rings (SSSR count). The van der Waals surface area contributed by atoms with E-state index in [0.717, 1.165) is 37.4 Å². The minimum atomic E-state index is -0.639. The lowest BCUT2D eigenvalue weighted by atomic mass is 10.1. The standard InChI is InChI=1S/C27H34F2N2O4/c1-18(13-19-8-9-21(28)16-23(19)29)17-31(12-10-22-7-6-11-30(22)2)27(32)20-14-24(33-3)26(35-5)25(15-20)34-4/h8-9,13-16,22H,6-7,10-12,17H2,1-5H3/b18-13+. The van der Waals surface area contributed by atoms with Crippen molar-refractivity contribution in [2.24, 2.45) is 0 Å². The first-order valence-corrected chi connectivity index (χ1v) is 11.7. The molecule has 35 heavy (non-hydrogen) atoms. The van der Waals surface area contributed by atoms with Crippen LogP contribution in [0.2, 0.25) is 0 Å². The van der Waals surface area contributed by atoms with Crippen molar-refractivity contribution in [3.8, 4) is 17.2 Å². The normalized spacial score (nSPS) is 16.3. The second-order valence-electron chi connectivity index (χ2n) is 8.86. The number of ether oxygens (including phenoxy) is 3. The summed E-state index contributed by atoms with van der Waals surface area (Å²) in [4.78, 5) is 17.7. The van der Waals surface area contributed by atoms with Crippen LogP contribution >= 0.6 is 0 Å². The summed E-state index contributed by atoms with van der Waals surface area (Å²) in [6, 6.07) is 7.15. The Kier molecular flexibility index (Phi) is 9.09. The van der Waals surface area contributed by atoms with Crippen molar-refractivity contribution < 1.29 is 27.8 Å². The van der Waals surface area contributed by atoms with Gasteiger partial charge in [-0.2, -0.15) is 0 Å². The van der Waals surface area contributed by atoms with Crippen LogP contribution in [0.3, 0.4) is 0 Å². The molecule has 0 N–H and O–H groups in total. The molecule has 1 saturated heterocycles. The molecule has 1 aliphatic heterocycles. The molecule has 0 aromatic heterocycles. The second-order valence-corrected chi connectivity index (χ2v) is 8.86. The van der Waals surface area contributed by atoms with Crippen molar-refractivity contribution in [1.29, 1.82) is 0 Å².